The fraction of sp³-hybridized carbons (Fsp3) is 0.429. The predicted molar refractivity (Wildman–Crippen MR) is 70.0 cm³/mol. The van der Waals surface area contributed by atoms with Crippen molar-refractivity contribution in [2.45, 2.75) is 31.8 Å². The van der Waals surface area contributed by atoms with Crippen molar-refractivity contribution in [3.05, 3.63) is 30.1 Å². The van der Waals surface area contributed by atoms with Crippen molar-refractivity contribution in [2.75, 3.05) is 11.4 Å². The smallest absolute Gasteiger partial charge is 0.245 e. The van der Waals surface area contributed by atoms with Crippen LogP contribution in [0, 0.1) is 17.1 Å². The first kappa shape index (κ1) is 13.5. The number of carbonyl (C=O) groups is 1. The highest BCUT2D eigenvalue weighted by atomic mass is 19.1. The number of hydrogen-bond acceptors (Lipinski definition) is 3. The highest BCUT2D eigenvalue weighted by molar-refractivity contribution is 5.97. The average Bonchev–Trinajstić information content (AvgIpc) is 2.52. The molecule has 1 aromatic carbocycles. The van der Waals surface area contributed by atoms with E-state index < -0.39 is 6.04 Å². The second-order valence-electron chi connectivity index (χ2n) is 4.74. The van der Waals surface area contributed by atoms with E-state index in [1.54, 1.807) is 17.0 Å². The lowest BCUT2D eigenvalue weighted by atomic mass is 10.1. The Hall–Kier alpha value is -1.93. The van der Waals surface area contributed by atoms with Crippen LogP contribution in [0.3, 0.4) is 0 Å². The van der Waals surface area contributed by atoms with Crippen molar-refractivity contribution in [3.63, 3.8) is 0 Å². The van der Waals surface area contributed by atoms with Crippen LogP contribution in [0.15, 0.2) is 24.3 Å². The number of nitriles is 1. The van der Waals surface area contributed by atoms with E-state index in [-0.39, 0.29) is 24.2 Å². The van der Waals surface area contributed by atoms with E-state index in [4.69, 9.17) is 5.26 Å². The lowest BCUT2D eigenvalue weighted by Crippen LogP contribution is -2.45. The number of amides is 1. The van der Waals surface area contributed by atoms with Crippen LogP contribution in [0.25, 0.3) is 0 Å². The summed E-state index contributed by atoms with van der Waals surface area (Å²) in [5.41, 5.74) is 0.672. The normalized spacial score (nSPS) is 23.8. The lowest BCUT2D eigenvalue weighted by molar-refractivity contribution is -0.120. The number of halogens is 1. The van der Waals surface area contributed by atoms with Gasteiger partial charge in [0.25, 0.3) is 0 Å². The molecule has 0 aliphatic carbocycles. The van der Waals surface area contributed by atoms with Gasteiger partial charge in [-0.1, -0.05) is 0 Å². The van der Waals surface area contributed by atoms with Crippen LogP contribution in [0.4, 0.5) is 10.1 Å². The molecule has 0 saturated carbocycles. The van der Waals surface area contributed by atoms with Crippen molar-refractivity contribution >= 4 is 11.6 Å². The summed E-state index contributed by atoms with van der Waals surface area (Å²) in [5, 5.41) is 12.0. The molecule has 1 aromatic rings. The molecule has 5 heteroatoms. The monoisotopic (exact) mass is 261 g/mol. The third kappa shape index (κ3) is 3.09. The van der Waals surface area contributed by atoms with Gasteiger partial charge in [0.2, 0.25) is 5.91 Å². The molecule has 0 spiro atoms. The number of nitrogens with one attached hydrogen (secondary N) is 1. The van der Waals surface area contributed by atoms with Crippen LogP contribution >= 0.6 is 0 Å². The van der Waals surface area contributed by atoms with Crippen LogP contribution in [-0.4, -0.2) is 24.5 Å². The van der Waals surface area contributed by atoms with E-state index in [1.165, 1.54) is 12.1 Å². The van der Waals surface area contributed by atoms with Crippen molar-refractivity contribution in [1.82, 2.24) is 5.32 Å². The molecule has 0 aromatic heterocycles. The zero-order valence-corrected chi connectivity index (χ0v) is 10.8. The van der Waals surface area contributed by atoms with Crippen molar-refractivity contribution in [1.29, 1.82) is 5.26 Å². The van der Waals surface area contributed by atoms with Gasteiger partial charge in [-0.2, -0.15) is 5.26 Å². The second kappa shape index (κ2) is 5.81. The lowest BCUT2D eigenvalue weighted by Gasteiger charge is -2.23. The number of anilines is 1. The molecule has 1 aliphatic rings. The molecule has 2 rings (SSSR count). The molecule has 1 aliphatic heterocycles. The largest absolute Gasteiger partial charge is 0.311 e. The molecule has 2 atom stereocenters. The number of nitrogens with zero attached hydrogens (tertiary/aromatic N) is 2. The standard InChI is InChI=1S/C14H16FN3O/c1-10-7-9-18(12-4-2-11(15)3-5-12)14(19)13(17-10)6-8-16/h2-5,10,13,17H,6-7,9H2,1H3. The van der Waals surface area contributed by atoms with E-state index in [9.17, 15) is 9.18 Å². The summed E-state index contributed by atoms with van der Waals surface area (Å²) < 4.78 is 12.9. The van der Waals surface area contributed by atoms with E-state index in [0.29, 0.717) is 12.2 Å². The van der Waals surface area contributed by atoms with E-state index in [2.05, 4.69) is 5.32 Å². The molecule has 1 N–H and O–H groups in total. The second-order valence-corrected chi connectivity index (χ2v) is 4.74. The van der Waals surface area contributed by atoms with Gasteiger partial charge >= 0.3 is 0 Å². The van der Waals surface area contributed by atoms with E-state index in [0.717, 1.165) is 6.42 Å². The minimum atomic E-state index is -0.493. The SMILES string of the molecule is CC1CCN(c2ccc(F)cc2)C(=O)C(CC#N)N1. The number of rotatable bonds is 2. The Kier molecular flexibility index (Phi) is 4.13. The zero-order valence-electron chi connectivity index (χ0n) is 10.8. The summed E-state index contributed by atoms with van der Waals surface area (Å²) >= 11 is 0. The number of benzene rings is 1. The minimum absolute atomic E-state index is 0.127. The van der Waals surface area contributed by atoms with Crippen molar-refractivity contribution < 1.29 is 9.18 Å². The van der Waals surface area contributed by atoms with Crippen LogP contribution in [-0.2, 0) is 4.79 Å². The summed E-state index contributed by atoms with van der Waals surface area (Å²) in [6.45, 7) is 2.56. The Balaban J connectivity index is 2.25. The quantitative estimate of drug-likeness (QED) is 0.883. The first-order valence-corrected chi connectivity index (χ1v) is 6.31. The molecule has 2 unspecified atom stereocenters. The molecule has 1 heterocycles. The maximum Gasteiger partial charge on any atom is 0.245 e. The molecule has 100 valence electrons. The molecule has 4 nitrogen and oxygen atoms in total. The Morgan fingerprint density at radius 3 is 2.79 bits per heavy atom. The topological polar surface area (TPSA) is 56.1 Å². The Bertz CT molecular complexity index is 494. The average molecular weight is 261 g/mol. The van der Waals surface area contributed by atoms with Crippen LogP contribution in [0.1, 0.15) is 19.8 Å². The summed E-state index contributed by atoms with van der Waals surface area (Å²) in [6.07, 6.45) is 0.936. The minimum Gasteiger partial charge on any atom is -0.311 e. The van der Waals surface area contributed by atoms with Gasteiger partial charge in [0.15, 0.2) is 0 Å². The molecule has 1 fully saturated rings. The summed E-state index contributed by atoms with van der Waals surface area (Å²) in [5.74, 6) is -0.455. The van der Waals surface area contributed by atoms with Gasteiger partial charge in [-0.15, -0.1) is 0 Å². The zero-order chi connectivity index (χ0) is 13.8. The Morgan fingerprint density at radius 1 is 1.47 bits per heavy atom. The molecule has 0 radical (unpaired) electrons. The van der Waals surface area contributed by atoms with E-state index in [1.807, 2.05) is 13.0 Å². The van der Waals surface area contributed by atoms with Gasteiger partial charge in [-0.3, -0.25) is 4.79 Å². The fourth-order valence-corrected chi connectivity index (χ4v) is 2.23. The Morgan fingerprint density at radius 2 is 2.16 bits per heavy atom. The first-order valence-electron chi connectivity index (χ1n) is 6.31. The maximum absolute atomic E-state index is 12.9. The van der Waals surface area contributed by atoms with Crippen LogP contribution < -0.4 is 10.2 Å². The Labute approximate surface area is 111 Å². The maximum atomic E-state index is 12.9. The van der Waals surface area contributed by atoms with Gasteiger partial charge in [-0.25, -0.2) is 4.39 Å². The molecule has 1 saturated heterocycles. The fourth-order valence-electron chi connectivity index (χ4n) is 2.23. The molecule has 19 heavy (non-hydrogen) atoms. The van der Waals surface area contributed by atoms with E-state index >= 15 is 0 Å². The third-order valence-electron chi connectivity index (χ3n) is 3.27. The van der Waals surface area contributed by atoms with Gasteiger partial charge in [0.05, 0.1) is 12.5 Å². The third-order valence-corrected chi connectivity index (χ3v) is 3.27. The predicted octanol–water partition coefficient (Wildman–Crippen LogP) is 1.82. The van der Waals surface area contributed by atoms with Crippen LogP contribution in [0.2, 0.25) is 0 Å². The first-order chi connectivity index (χ1) is 9.11. The van der Waals surface area contributed by atoms with Gasteiger partial charge in [-0.05, 0) is 37.6 Å². The van der Waals surface area contributed by atoms with Crippen molar-refractivity contribution in [2.24, 2.45) is 0 Å². The van der Waals surface area contributed by atoms with Gasteiger partial charge < -0.3 is 10.2 Å². The summed E-state index contributed by atoms with van der Waals surface area (Å²) in [6, 6.07) is 7.56. The summed E-state index contributed by atoms with van der Waals surface area (Å²) in [4.78, 5) is 14.0. The van der Waals surface area contributed by atoms with Crippen molar-refractivity contribution in [3.8, 4) is 6.07 Å². The van der Waals surface area contributed by atoms with Crippen LogP contribution in [0.5, 0.6) is 0 Å². The molecular weight excluding hydrogens is 245 g/mol. The number of carbonyl (C=O) groups excluding carboxylic acids is 1. The molecule has 0 bridgehead atoms. The highest BCUT2D eigenvalue weighted by Gasteiger charge is 2.29. The molecular formula is C14H16FN3O. The van der Waals surface area contributed by atoms with Gasteiger partial charge in [0, 0.05) is 18.3 Å². The van der Waals surface area contributed by atoms with Gasteiger partial charge in [0.1, 0.15) is 11.9 Å². The highest BCUT2D eigenvalue weighted by Crippen LogP contribution is 2.19. The summed E-state index contributed by atoms with van der Waals surface area (Å²) in [7, 11) is 0. The number of hydrogen-bond donors (Lipinski definition) is 1. The molecule has 1 amide bonds.